The van der Waals surface area contributed by atoms with E-state index in [2.05, 4.69) is 258 Å². The minimum atomic E-state index is 0.614. The van der Waals surface area contributed by atoms with E-state index in [1.54, 1.807) is 0 Å². The van der Waals surface area contributed by atoms with E-state index in [0.717, 1.165) is 50.1 Å². The molecule has 0 aliphatic carbocycles. The summed E-state index contributed by atoms with van der Waals surface area (Å²) >= 11 is 1.90. The topological polar surface area (TPSA) is 48.5 Å². The maximum absolute atomic E-state index is 5.19. The van der Waals surface area contributed by atoms with Crippen LogP contribution in [-0.2, 0) is 0 Å². The first-order valence-electron chi connectivity index (χ1n) is 25.3. The first kappa shape index (κ1) is 42.9. The van der Waals surface area contributed by atoms with E-state index in [-0.39, 0.29) is 0 Å². The third kappa shape index (κ3) is 7.10. The zero-order valence-electron chi connectivity index (χ0n) is 40.5. The van der Waals surface area contributed by atoms with Crippen LogP contribution in [0.3, 0.4) is 0 Å². The second-order valence-electron chi connectivity index (χ2n) is 19.1. The molecular formula is C69H43N5S. The summed E-state index contributed by atoms with van der Waals surface area (Å²) < 4.78 is 7.49. The second-order valence-corrected chi connectivity index (χ2v) is 20.1. The summed E-state index contributed by atoms with van der Waals surface area (Å²) in [5, 5.41) is 7.44. The maximum Gasteiger partial charge on any atom is 0.164 e. The van der Waals surface area contributed by atoms with Gasteiger partial charge in [-0.25, -0.2) is 15.0 Å². The number of rotatable bonds is 8. The van der Waals surface area contributed by atoms with Crippen LogP contribution in [0.1, 0.15) is 0 Å². The minimum Gasteiger partial charge on any atom is -0.308 e. The van der Waals surface area contributed by atoms with Gasteiger partial charge in [-0.1, -0.05) is 218 Å². The van der Waals surface area contributed by atoms with E-state index in [9.17, 15) is 0 Å². The fourth-order valence-electron chi connectivity index (χ4n) is 11.2. The maximum atomic E-state index is 5.19. The quantitative estimate of drug-likeness (QED) is 0.152. The molecule has 0 spiro atoms. The van der Waals surface area contributed by atoms with E-state index in [1.165, 1.54) is 75.1 Å². The fraction of sp³-hybridized carbons (Fsp3) is 0. The third-order valence-electron chi connectivity index (χ3n) is 14.8. The van der Waals surface area contributed by atoms with Gasteiger partial charge in [-0.3, -0.25) is 0 Å². The summed E-state index contributed by atoms with van der Waals surface area (Å²) in [5.74, 6) is 1.86. The number of nitrogens with zero attached hydrogens (tertiary/aromatic N) is 5. The Hall–Kier alpha value is -9.75. The number of thiophene rings is 1. The van der Waals surface area contributed by atoms with Crippen molar-refractivity contribution < 1.29 is 0 Å². The smallest absolute Gasteiger partial charge is 0.164 e. The lowest BCUT2D eigenvalue weighted by atomic mass is 10.0. The monoisotopic (exact) mass is 973 g/mol. The summed E-state index contributed by atoms with van der Waals surface area (Å²) in [7, 11) is 0. The van der Waals surface area contributed by atoms with Crippen LogP contribution in [0, 0.1) is 0 Å². The largest absolute Gasteiger partial charge is 0.308 e. The van der Waals surface area contributed by atoms with Crippen molar-refractivity contribution in [3.05, 3.63) is 261 Å². The number of para-hydroxylation sites is 3. The first-order valence-corrected chi connectivity index (χ1v) is 26.2. The summed E-state index contributed by atoms with van der Waals surface area (Å²) in [5.41, 5.74) is 16.8. The summed E-state index contributed by atoms with van der Waals surface area (Å²) in [6.07, 6.45) is 0. The highest BCUT2D eigenvalue weighted by Crippen LogP contribution is 2.48. The molecule has 0 aliphatic heterocycles. The Bertz CT molecular complexity index is 4550. The standard InChI is InChI=1S/C69H43N5S/c1-4-16-44(17-5-1)46-28-32-49(33-29-46)67-70-68(50-34-30-47(31-35-50)45-18-6-2-7-19-45)72-69(71-67)51-36-38-52(39-37-51)73-61-26-14-11-23-54(61)56-40-42-58-59-43-41-57-55-24-12-15-27-62(55)74(64(57)66(59)75-65(58)63(56)73)60-25-13-10-22-53(60)48-20-8-3-9-21-48/h1-43H. The van der Waals surface area contributed by atoms with Gasteiger partial charge in [0, 0.05) is 60.3 Å². The predicted octanol–water partition coefficient (Wildman–Crippen LogP) is 18.4. The number of benzene rings is 11. The van der Waals surface area contributed by atoms with Crippen molar-refractivity contribution in [1.82, 2.24) is 24.1 Å². The van der Waals surface area contributed by atoms with Crippen molar-refractivity contribution >= 4 is 75.1 Å². The molecule has 15 rings (SSSR count). The third-order valence-corrected chi connectivity index (χ3v) is 16.1. The van der Waals surface area contributed by atoms with Gasteiger partial charge < -0.3 is 9.13 Å². The van der Waals surface area contributed by atoms with E-state index >= 15 is 0 Å². The Balaban J connectivity index is 0.893. The van der Waals surface area contributed by atoms with Gasteiger partial charge in [0.05, 0.1) is 37.2 Å². The molecular weight excluding hydrogens is 931 g/mol. The zero-order chi connectivity index (χ0) is 49.4. The molecule has 0 aliphatic rings. The molecule has 4 heterocycles. The summed E-state index contributed by atoms with van der Waals surface area (Å²) in [6.45, 7) is 0. The van der Waals surface area contributed by atoms with Crippen molar-refractivity contribution in [1.29, 1.82) is 0 Å². The highest BCUT2D eigenvalue weighted by atomic mass is 32.1. The van der Waals surface area contributed by atoms with E-state index in [1.807, 2.05) is 23.5 Å². The Morgan fingerprint density at radius 3 is 1.12 bits per heavy atom. The van der Waals surface area contributed by atoms with Gasteiger partial charge in [0.15, 0.2) is 17.5 Å². The number of hydrogen-bond donors (Lipinski definition) is 0. The molecule has 0 fully saturated rings. The molecule has 6 heteroatoms. The molecule has 0 unspecified atom stereocenters. The first-order chi connectivity index (χ1) is 37.2. The molecule has 0 saturated heterocycles. The Labute approximate surface area is 436 Å². The van der Waals surface area contributed by atoms with E-state index in [4.69, 9.17) is 15.0 Å². The summed E-state index contributed by atoms with van der Waals surface area (Å²) in [6, 6.07) is 93.2. The van der Waals surface area contributed by atoms with Crippen molar-refractivity contribution in [2.75, 3.05) is 0 Å². The lowest BCUT2D eigenvalue weighted by Crippen LogP contribution is -2.00. The van der Waals surface area contributed by atoms with Crippen molar-refractivity contribution in [2.45, 2.75) is 0 Å². The molecule has 15 aromatic rings. The molecule has 0 amide bonds. The van der Waals surface area contributed by atoms with Crippen molar-refractivity contribution in [2.24, 2.45) is 0 Å². The molecule has 11 aromatic carbocycles. The number of aromatic nitrogens is 5. The van der Waals surface area contributed by atoms with Crippen LogP contribution in [-0.4, -0.2) is 24.1 Å². The molecule has 0 bridgehead atoms. The van der Waals surface area contributed by atoms with Crippen LogP contribution in [0.25, 0.3) is 143 Å². The van der Waals surface area contributed by atoms with Gasteiger partial charge in [0.2, 0.25) is 0 Å². The SMILES string of the molecule is c1ccc(-c2ccc(-c3nc(-c4ccc(-c5ccccc5)cc4)nc(-c4ccc(-n5c6ccccc6c6ccc7c8ccc9c%10ccccc%10n(-c%10ccccc%10-c%10ccccc%10)c9c8sc7c65)cc4)n3)cc2)cc1. The Kier molecular flexibility index (Phi) is 10.00. The molecule has 5 nitrogen and oxygen atoms in total. The zero-order valence-corrected chi connectivity index (χ0v) is 41.3. The molecule has 0 N–H and O–H groups in total. The van der Waals surface area contributed by atoms with Crippen LogP contribution in [0.5, 0.6) is 0 Å². The van der Waals surface area contributed by atoms with Crippen LogP contribution in [0.15, 0.2) is 261 Å². The van der Waals surface area contributed by atoms with Crippen LogP contribution in [0.2, 0.25) is 0 Å². The van der Waals surface area contributed by atoms with Crippen LogP contribution < -0.4 is 0 Å². The van der Waals surface area contributed by atoms with E-state index < -0.39 is 0 Å². The minimum absolute atomic E-state index is 0.614. The van der Waals surface area contributed by atoms with Crippen LogP contribution in [0.4, 0.5) is 0 Å². The molecule has 350 valence electrons. The van der Waals surface area contributed by atoms with E-state index in [0.29, 0.717) is 17.5 Å². The lowest BCUT2D eigenvalue weighted by Gasteiger charge is -2.14. The number of fused-ring (bicyclic) bond motifs is 11. The van der Waals surface area contributed by atoms with Crippen molar-refractivity contribution in [3.63, 3.8) is 0 Å². The number of hydrogen-bond acceptors (Lipinski definition) is 4. The highest BCUT2D eigenvalue weighted by molar-refractivity contribution is 7.27. The average molecular weight is 974 g/mol. The van der Waals surface area contributed by atoms with Gasteiger partial charge >= 0.3 is 0 Å². The second kappa shape index (κ2) is 17.5. The van der Waals surface area contributed by atoms with Gasteiger partial charge in [0.1, 0.15) is 0 Å². The van der Waals surface area contributed by atoms with Crippen molar-refractivity contribution in [3.8, 4) is 78.9 Å². The molecule has 75 heavy (non-hydrogen) atoms. The van der Waals surface area contributed by atoms with Gasteiger partial charge in [-0.2, -0.15) is 0 Å². The fourth-order valence-corrected chi connectivity index (χ4v) is 12.6. The summed E-state index contributed by atoms with van der Waals surface area (Å²) in [4.78, 5) is 15.5. The van der Waals surface area contributed by atoms with Gasteiger partial charge in [-0.15, -0.1) is 11.3 Å². The lowest BCUT2D eigenvalue weighted by molar-refractivity contribution is 1.07. The highest BCUT2D eigenvalue weighted by Gasteiger charge is 2.23. The van der Waals surface area contributed by atoms with Gasteiger partial charge in [0.25, 0.3) is 0 Å². The predicted molar refractivity (Wildman–Crippen MR) is 314 cm³/mol. The van der Waals surface area contributed by atoms with Gasteiger partial charge in [-0.05, 0) is 70.3 Å². The molecule has 0 saturated carbocycles. The Morgan fingerprint density at radius 1 is 0.253 bits per heavy atom. The molecule has 0 atom stereocenters. The normalized spacial score (nSPS) is 11.7. The average Bonchev–Trinajstić information content (AvgIpc) is 4.26. The molecule has 4 aromatic heterocycles. The van der Waals surface area contributed by atoms with Crippen LogP contribution >= 0.6 is 11.3 Å². The molecule has 0 radical (unpaired) electrons. The Morgan fingerprint density at radius 2 is 0.613 bits per heavy atom.